The fourth-order valence-electron chi connectivity index (χ4n) is 3.21. The van der Waals surface area contributed by atoms with Crippen molar-refractivity contribution in [3.63, 3.8) is 0 Å². The molecule has 2 aliphatic rings. The second-order valence-corrected chi connectivity index (χ2v) is 6.60. The van der Waals surface area contributed by atoms with Gasteiger partial charge in [-0.3, -0.25) is 4.79 Å². The molecule has 2 aliphatic carbocycles. The Bertz CT molecular complexity index is 273. The topological polar surface area (TPSA) is 29.1 Å². The fraction of sp³-hybridized carbons (Fsp3) is 0.929. The van der Waals surface area contributed by atoms with Gasteiger partial charge in [0.05, 0.1) is 0 Å². The highest BCUT2D eigenvalue weighted by Crippen LogP contribution is 2.37. The average Bonchev–Trinajstić information content (AvgIpc) is 2.76. The zero-order chi connectivity index (χ0) is 12.3. The number of nitrogens with one attached hydrogen (secondary N) is 1. The quantitative estimate of drug-likeness (QED) is 0.771. The minimum atomic E-state index is -0.101. The van der Waals surface area contributed by atoms with E-state index in [2.05, 4.69) is 12.2 Å². The zero-order valence-electron chi connectivity index (χ0n) is 10.8. The molecule has 2 unspecified atom stereocenters. The minimum Gasteiger partial charge on any atom is -0.355 e. The number of alkyl halides is 1. The fourth-order valence-corrected chi connectivity index (χ4v) is 3.58. The molecule has 0 spiro atoms. The summed E-state index contributed by atoms with van der Waals surface area (Å²) in [7, 11) is 0. The highest BCUT2D eigenvalue weighted by atomic mass is 35.5. The van der Waals surface area contributed by atoms with Gasteiger partial charge in [-0.15, -0.1) is 11.6 Å². The van der Waals surface area contributed by atoms with E-state index in [9.17, 15) is 4.79 Å². The van der Waals surface area contributed by atoms with Gasteiger partial charge in [0.2, 0.25) is 5.91 Å². The molecule has 3 heteroatoms. The molecule has 1 N–H and O–H groups in total. The molecule has 1 amide bonds. The summed E-state index contributed by atoms with van der Waals surface area (Å²) in [6.45, 7) is 2.89. The van der Waals surface area contributed by atoms with E-state index < -0.39 is 0 Å². The number of hydrogen-bond donors (Lipinski definition) is 1. The van der Waals surface area contributed by atoms with Crippen LogP contribution in [-0.4, -0.2) is 17.8 Å². The van der Waals surface area contributed by atoms with Crippen LogP contribution in [0.15, 0.2) is 0 Å². The maximum absolute atomic E-state index is 12.2. The molecule has 2 fully saturated rings. The number of carbonyl (C=O) groups excluding carboxylic acids is 1. The average molecular weight is 258 g/mol. The third-order valence-corrected chi connectivity index (χ3v) is 5.17. The Morgan fingerprint density at radius 3 is 2.53 bits per heavy atom. The van der Waals surface area contributed by atoms with Gasteiger partial charge in [0, 0.05) is 17.3 Å². The monoisotopic (exact) mass is 257 g/mol. The van der Waals surface area contributed by atoms with Gasteiger partial charge in [-0.2, -0.15) is 0 Å². The number of halogens is 1. The van der Waals surface area contributed by atoms with Crippen LogP contribution in [-0.2, 0) is 4.79 Å². The Morgan fingerprint density at radius 1 is 1.24 bits per heavy atom. The van der Waals surface area contributed by atoms with Crippen molar-refractivity contribution in [2.24, 2.45) is 11.3 Å². The molecule has 2 atom stereocenters. The predicted molar refractivity (Wildman–Crippen MR) is 71.2 cm³/mol. The van der Waals surface area contributed by atoms with Crippen LogP contribution in [0.2, 0.25) is 0 Å². The minimum absolute atomic E-state index is 0.101. The van der Waals surface area contributed by atoms with Crippen molar-refractivity contribution in [1.82, 2.24) is 5.32 Å². The van der Waals surface area contributed by atoms with Crippen molar-refractivity contribution < 1.29 is 4.79 Å². The summed E-state index contributed by atoms with van der Waals surface area (Å²) < 4.78 is 0. The molecule has 0 heterocycles. The Balaban J connectivity index is 1.79. The SMILES string of the molecule is CC1(C(=O)NCC2CCCCC2Cl)CCCC1. The lowest BCUT2D eigenvalue weighted by Crippen LogP contribution is -2.41. The van der Waals surface area contributed by atoms with Crippen LogP contribution in [0.25, 0.3) is 0 Å². The largest absolute Gasteiger partial charge is 0.355 e. The molecule has 0 aromatic heterocycles. The van der Waals surface area contributed by atoms with E-state index >= 15 is 0 Å². The van der Waals surface area contributed by atoms with E-state index in [0.717, 1.165) is 25.8 Å². The highest BCUT2D eigenvalue weighted by Gasteiger charge is 2.36. The summed E-state index contributed by atoms with van der Waals surface area (Å²) in [5.41, 5.74) is -0.101. The number of hydrogen-bond acceptors (Lipinski definition) is 1. The van der Waals surface area contributed by atoms with E-state index in [1.807, 2.05) is 0 Å². The van der Waals surface area contributed by atoms with E-state index in [1.54, 1.807) is 0 Å². The van der Waals surface area contributed by atoms with Crippen LogP contribution in [0.5, 0.6) is 0 Å². The first kappa shape index (κ1) is 13.2. The zero-order valence-corrected chi connectivity index (χ0v) is 11.6. The van der Waals surface area contributed by atoms with Crippen LogP contribution in [0, 0.1) is 11.3 Å². The third-order valence-electron chi connectivity index (χ3n) is 4.60. The molecule has 0 aromatic carbocycles. The first-order valence-corrected chi connectivity index (χ1v) is 7.48. The van der Waals surface area contributed by atoms with Crippen molar-refractivity contribution in [3.8, 4) is 0 Å². The van der Waals surface area contributed by atoms with E-state index in [0.29, 0.717) is 5.92 Å². The number of rotatable bonds is 3. The molecule has 0 aliphatic heterocycles. The Kier molecular flexibility index (Phi) is 4.35. The normalized spacial score (nSPS) is 32.4. The van der Waals surface area contributed by atoms with E-state index in [1.165, 1.54) is 32.1 Å². The molecule has 0 saturated heterocycles. The Morgan fingerprint density at radius 2 is 1.88 bits per heavy atom. The van der Waals surface area contributed by atoms with Crippen LogP contribution in [0.4, 0.5) is 0 Å². The Labute approximate surface area is 109 Å². The molecule has 0 bridgehead atoms. The molecular formula is C14H24ClNO. The first-order valence-electron chi connectivity index (χ1n) is 7.04. The first-order chi connectivity index (χ1) is 8.12. The lowest BCUT2D eigenvalue weighted by molar-refractivity contribution is -0.130. The van der Waals surface area contributed by atoms with Gasteiger partial charge in [-0.1, -0.05) is 32.6 Å². The molecule has 17 heavy (non-hydrogen) atoms. The summed E-state index contributed by atoms with van der Waals surface area (Å²) in [6, 6.07) is 0. The number of carbonyl (C=O) groups is 1. The summed E-state index contributed by atoms with van der Waals surface area (Å²) in [5, 5.41) is 3.41. The molecule has 2 nitrogen and oxygen atoms in total. The van der Waals surface area contributed by atoms with Crippen LogP contribution < -0.4 is 5.32 Å². The van der Waals surface area contributed by atoms with Crippen LogP contribution in [0.3, 0.4) is 0 Å². The molecule has 2 rings (SSSR count). The highest BCUT2D eigenvalue weighted by molar-refractivity contribution is 6.20. The predicted octanol–water partition coefficient (Wildman–Crippen LogP) is 3.48. The van der Waals surface area contributed by atoms with E-state index in [-0.39, 0.29) is 16.7 Å². The van der Waals surface area contributed by atoms with Gasteiger partial charge in [-0.25, -0.2) is 0 Å². The molecular weight excluding hydrogens is 234 g/mol. The number of amides is 1. The summed E-state index contributed by atoms with van der Waals surface area (Å²) >= 11 is 6.31. The van der Waals surface area contributed by atoms with Crippen LogP contribution >= 0.6 is 11.6 Å². The van der Waals surface area contributed by atoms with Gasteiger partial charge in [0.25, 0.3) is 0 Å². The Hall–Kier alpha value is -0.240. The second-order valence-electron chi connectivity index (χ2n) is 6.04. The van der Waals surface area contributed by atoms with Crippen LogP contribution in [0.1, 0.15) is 58.3 Å². The molecule has 98 valence electrons. The van der Waals surface area contributed by atoms with Crippen molar-refractivity contribution >= 4 is 17.5 Å². The van der Waals surface area contributed by atoms with Gasteiger partial charge in [0.1, 0.15) is 0 Å². The second kappa shape index (κ2) is 5.60. The maximum Gasteiger partial charge on any atom is 0.225 e. The summed E-state index contributed by atoms with van der Waals surface area (Å²) in [6.07, 6.45) is 9.29. The summed E-state index contributed by atoms with van der Waals surface area (Å²) in [5.74, 6) is 0.740. The van der Waals surface area contributed by atoms with Crippen molar-refractivity contribution in [2.45, 2.75) is 63.7 Å². The third kappa shape index (κ3) is 3.15. The molecule has 0 aromatic rings. The lowest BCUT2D eigenvalue weighted by Gasteiger charge is -2.29. The van der Waals surface area contributed by atoms with Gasteiger partial charge in [0.15, 0.2) is 0 Å². The van der Waals surface area contributed by atoms with Gasteiger partial charge >= 0.3 is 0 Å². The van der Waals surface area contributed by atoms with Crippen molar-refractivity contribution in [2.75, 3.05) is 6.54 Å². The van der Waals surface area contributed by atoms with Crippen molar-refractivity contribution in [3.05, 3.63) is 0 Å². The van der Waals surface area contributed by atoms with Gasteiger partial charge in [-0.05, 0) is 31.6 Å². The maximum atomic E-state index is 12.2. The summed E-state index contributed by atoms with van der Waals surface area (Å²) in [4.78, 5) is 12.2. The van der Waals surface area contributed by atoms with Crippen molar-refractivity contribution in [1.29, 1.82) is 0 Å². The van der Waals surface area contributed by atoms with E-state index in [4.69, 9.17) is 11.6 Å². The molecule has 2 saturated carbocycles. The smallest absolute Gasteiger partial charge is 0.225 e. The standard InChI is InChI=1S/C14H24ClNO/c1-14(8-4-5-9-14)13(17)16-10-11-6-2-3-7-12(11)15/h11-12H,2-10H2,1H3,(H,16,17). The lowest BCUT2D eigenvalue weighted by atomic mass is 9.86. The van der Waals surface area contributed by atoms with Gasteiger partial charge < -0.3 is 5.32 Å². The molecule has 0 radical (unpaired) electrons.